The Kier molecular flexibility index (Phi) is 7.61. The number of aryl methyl sites for hydroxylation is 1. The second kappa shape index (κ2) is 9.08. The van der Waals surface area contributed by atoms with Gasteiger partial charge in [0.2, 0.25) is 11.8 Å². The molecule has 1 aromatic rings. The largest absolute Gasteiger partial charge is 0.444 e. The topological polar surface area (TPSA) is 87.7 Å². The molecule has 0 aliphatic carbocycles. The highest BCUT2D eigenvalue weighted by Crippen LogP contribution is 2.24. The van der Waals surface area contributed by atoms with Crippen LogP contribution < -0.4 is 10.6 Å². The van der Waals surface area contributed by atoms with E-state index in [0.717, 1.165) is 11.1 Å². The van der Waals surface area contributed by atoms with Gasteiger partial charge in [-0.3, -0.25) is 9.59 Å². The van der Waals surface area contributed by atoms with Crippen molar-refractivity contribution in [3.05, 3.63) is 35.4 Å². The molecule has 28 heavy (non-hydrogen) atoms. The van der Waals surface area contributed by atoms with Crippen molar-refractivity contribution in [1.29, 1.82) is 0 Å². The summed E-state index contributed by atoms with van der Waals surface area (Å²) in [6.07, 6.45) is -0.680. The van der Waals surface area contributed by atoms with Crippen LogP contribution in [0.15, 0.2) is 24.3 Å². The van der Waals surface area contributed by atoms with Crippen LogP contribution >= 0.6 is 0 Å². The number of likely N-dealkylation sites (N-methyl/N-ethyl adjacent to an activating group) is 1. The van der Waals surface area contributed by atoms with Crippen LogP contribution in [0.25, 0.3) is 0 Å². The van der Waals surface area contributed by atoms with E-state index in [-0.39, 0.29) is 12.5 Å². The van der Waals surface area contributed by atoms with Crippen molar-refractivity contribution in [2.75, 3.05) is 13.6 Å². The van der Waals surface area contributed by atoms with Gasteiger partial charge in [-0.15, -0.1) is 0 Å². The smallest absolute Gasteiger partial charge is 0.408 e. The fourth-order valence-electron chi connectivity index (χ4n) is 2.59. The monoisotopic (exact) mass is 391 g/mol. The third-order valence-corrected chi connectivity index (χ3v) is 3.79. The first-order valence-corrected chi connectivity index (χ1v) is 9.31. The number of rotatable bonds is 5. The van der Waals surface area contributed by atoms with E-state index in [1.165, 1.54) is 4.90 Å². The minimum Gasteiger partial charge on any atom is -0.444 e. The van der Waals surface area contributed by atoms with Gasteiger partial charge < -0.3 is 20.3 Å². The zero-order chi connectivity index (χ0) is 21.7. The van der Waals surface area contributed by atoms with Crippen LogP contribution in [-0.2, 0) is 14.3 Å². The van der Waals surface area contributed by atoms with E-state index in [4.69, 9.17) is 4.74 Å². The third kappa shape index (κ3) is 7.58. The lowest BCUT2D eigenvalue weighted by Gasteiger charge is -2.32. The number of amides is 3. The summed E-state index contributed by atoms with van der Waals surface area (Å²) in [7, 11) is 1.55. The standard InChI is InChI=1S/C21H33N3O4/c1-14-11-9-10-12-15(14)17(18(26)23-20(2,3)4)24(8)16(25)13-22-19(27)28-21(5,6)7/h9-12,17H,13H2,1-8H3,(H,22,27)(H,23,26). The maximum atomic E-state index is 13.0. The van der Waals surface area contributed by atoms with E-state index >= 15 is 0 Å². The van der Waals surface area contributed by atoms with Crippen LogP contribution in [0.5, 0.6) is 0 Å². The number of carbonyl (C=O) groups excluding carboxylic acids is 3. The van der Waals surface area contributed by atoms with Crippen molar-refractivity contribution in [2.45, 2.75) is 65.6 Å². The van der Waals surface area contributed by atoms with Gasteiger partial charge in [-0.25, -0.2) is 4.79 Å². The minimum atomic E-state index is -0.812. The molecule has 0 fully saturated rings. The zero-order valence-corrected chi connectivity index (χ0v) is 18.2. The highest BCUT2D eigenvalue weighted by molar-refractivity contribution is 5.90. The molecule has 1 unspecified atom stereocenters. The van der Waals surface area contributed by atoms with E-state index in [9.17, 15) is 14.4 Å². The number of ether oxygens (including phenoxy) is 1. The van der Waals surface area contributed by atoms with Crippen molar-refractivity contribution in [1.82, 2.24) is 15.5 Å². The quantitative estimate of drug-likeness (QED) is 0.808. The van der Waals surface area contributed by atoms with Gasteiger partial charge in [-0.05, 0) is 59.6 Å². The Bertz CT molecular complexity index is 717. The summed E-state index contributed by atoms with van der Waals surface area (Å²) in [6.45, 7) is 12.5. The van der Waals surface area contributed by atoms with Crippen LogP contribution in [0, 0.1) is 6.92 Å². The number of hydrogen-bond acceptors (Lipinski definition) is 4. The predicted octanol–water partition coefficient (Wildman–Crippen LogP) is 2.93. The summed E-state index contributed by atoms with van der Waals surface area (Å²) in [5.41, 5.74) is 0.528. The Hall–Kier alpha value is -2.57. The maximum absolute atomic E-state index is 13.0. The number of benzene rings is 1. The molecule has 7 nitrogen and oxygen atoms in total. The fraction of sp³-hybridized carbons (Fsp3) is 0.571. The first kappa shape index (κ1) is 23.5. The summed E-state index contributed by atoms with van der Waals surface area (Å²) >= 11 is 0. The van der Waals surface area contributed by atoms with Gasteiger partial charge >= 0.3 is 6.09 Å². The Morgan fingerprint density at radius 3 is 2.14 bits per heavy atom. The molecule has 0 radical (unpaired) electrons. The Morgan fingerprint density at radius 1 is 1.07 bits per heavy atom. The molecule has 3 amide bonds. The van der Waals surface area contributed by atoms with Crippen LogP contribution in [0.2, 0.25) is 0 Å². The molecule has 0 spiro atoms. The lowest BCUT2D eigenvalue weighted by molar-refractivity contribution is -0.139. The molecule has 0 aromatic heterocycles. The van der Waals surface area contributed by atoms with Crippen molar-refractivity contribution in [3.8, 4) is 0 Å². The minimum absolute atomic E-state index is 0.267. The Balaban J connectivity index is 3.00. The Morgan fingerprint density at radius 2 is 1.64 bits per heavy atom. The average Bonchev–Trinajstić information content (AvgIpc) is 2.51. The molecule has 0 saturated carbocycles. The van der Waals surface area contributed by atoms with Gasteiger partial charge in [0.25, 0.3) is 0 Å². The van der Waals surface area contributed by atoms with Crippen molar-refractivity contribution >= 4 is 17.9 Å². The summed E-state index contributed by atoms with van der Waals surface area (Å²) < 4.78 is 5.15. The zero-order valence-electron chi connectivity index (χ0n) is 18.2. The highest BCUT2D eigenvalue weighted by atomic mass is 16.6. The van der Waals surface area contributed by atoms with E-state index in [1.54, 1.807) is 27.8 Å². The summed E-state index contributed by atoms with van der Waals surface area (Å²) in [4.78, 5) is 38.8. The van der Waals surface area contributed by atoms with Crippen molar-refractivity contribution in [3.63, 3.8) is 0 Å². The maximum Gasteiger partial charge on any atom is 0.408 e. The molecular formula is C21H33N3O4. The number of hydrogen-bond donors (Lipinski definition) is 2. The average molecular weight is 392 g/mol. The van der Waals surface area contributed by atoms with Crippen LogP contribution in [-0.4, -0.2) is 47.5 Å². The first-order valence-electron chi connectivity index (χ1n) is 9.31. The molecule has 0 saturated heterocycles. The third-order valence-electron chi connectivity index (χ3n) is 3.79. The first-order chi connectivity index (χ1) is 12.7. The van der Waals surface area contributed by atoms with Gasteiger partial charge in [0.05, 0.1) is 0 Å². The van der Waals surface area contributed by atoms with Crippen molar-refractivity contribution < 1.29 is 19.1 Å². The van der Waals surface area contributed by atoms with Gasteiger partial charge in [0.1, 0.15) is 18.2 Å². The molecule has 0 aliphatic heterocycles. The van der Waals surface area contributed by atoms with Crippen LogP contribution in [0.1, 0.15) is 58.7 Å². The molecule has 1 atom stereocenters. The number of nitrogens with zero attached hydrogens (tertiary/aromatic N) is 1. The van der Waals surface area contributed by atoms with Crippen LogP contribution in [0.4, 0.5) is 4.79 Å². The summed E-state index contributed by atoms with van der Waals surface area (Å²) in [5.74, 6) is -0.682. The van der Waals surface area contributed by atoms with Gasteiger partial charge in [0.15, 0.2) is 0 Å². The van der Waals surface area contributed by atoms with Gasteiger partial charge in [-0.2, -0.15) is 0 Å². The van der Waals surface area contributed by atoms with E-state index < -0.39 is 29.2 Å². The van der Waals surface area contributed by atoms with Gasteiger partial charge in [0, 0.05) is 12.6 Å². The SMILES string of the molecule is Cc1ccccc1C(C(=O)NC(C)(C)C)N(C)C(=O)CNC(=O)OC(C)(C)C. The van der Waals surface area contributed by atoms with Gasteiger partial charge in [-0.1, -0.05) is 24.3 Å². The van der Waals surface area contributed by atoms with Crippen LogP contribution in [0.3, 0.4) is 0 Å². The molecule has 7 heteroatoms. The lowest BCUT2D eigenvalue weighted by atomic mass is 9.98. The van der Waals surface area contributed by atoms with E-state index in [1.807, 2.05) is 52.0 Å². The summed E-state index contributed by atoms with van der Waals surface area (Å²) in [5, 5.41) is 5.38. The molecule has 0 bridgehead atoms. The molecule has 1 aromatic carbocycles. The molecule has 0 aliphatic rings. The van der Waals surface area contributed by atoms with E-state index in [0.29, 0.717) is 0 Å². The molecular weight excluding hydrogens is 358 g/mol. The number of nitrogens with one attached hydrogen (secondary N) is 2. The van der Waals surface area contributed by atoms with Crippen molar-refractivity contribution in [2.24, 2.45) is 0 Å². The normalized spacial score (nSPS) is 12.7. The highest BCUT2D eigenvalue weighted by Gasteiger charge is 2.32. The van der Waals surface area contributed by atoms with E-state index in [2.05, 4.69) is 10.6 Å². The molecule has 156 valence electrons. The predicted molar refractivity (Wildman–Crippen MR) is 109 cm³/mol. The molecule has 1 rings (SSSR count). The molecule has 2 N–H and O–H groups in total. The molecule has 0 heterocycles. The summed E-state index contributed by atoms with van der Waals surface area (Å²) in [6, 6.07) is 6.62. The fourth-order valence-corrected chi connectivity index (χ4v) is 2.59. The number of alkyl carbamates (subject to hydrolysis) is 1. The Labute approximate surface area is 167 Å². The second-order valence-corrected chi connectivity index (χ2v) is 8.86. The second-order valence-electron chi connectivity index (χ2n) is 8.86. The number of carbonyl (C=O) groups is 3. The lowest BCUT2D eigenvalue weighted by Crippen LogP contribution is -2.50.